The van der Waals surface area contributed by atoms with Crippen LogP contribution in [0.4, 0.5) is 0 Å². The second kappa shape index (κ2) is 12.9. The van der Waals surface area contributed by atoms with E-state index in [9.17, 15) is 9.59 Å². The molecule has 1 fully saturated rings. The monoisotopic (exact) mass is 526 g/mol. The molecule has 7 nitrogen and oxygen atoms in total. The van der Waals surface area contributed by atoms with E-state index in [-0.39, 0.29) is 17.2 Å². The largest absolute Gasteiger partial charge is 0.491 e. The summed E-state index contributed by atoms with van der Waals surface area (Å²) in [5.74, 6) is 1.01. The summed E-state index contributed by atoms with van der Waals surface area (Å²) in [6.45, 7) is 3.01. The summed E-state index contributed by atoms with van der Waals surface area (Å²) in [7, 11) is 0. The Balaban J connectivity index is 1.29. The number of fused-ring (bicyclic) bond motifs is 1. The molecular weight excluding hydrogens is 488 g/mol. The van der Waals surface area contributed by atoms with Gasteiger partial charge in [-0.05, 0) is 61.1 Å². The van der Waals surface area contributed by atoms with Gasteiger partial charge in [-0.3, -0.25) is 14.6 Å². The molecular formula is C32H38N4O3. The lowest BCUT2D eigenvalue weighted by atomic mass is 9.73. The second-order valence-electron chi connectivity index (χ2n) is 10.8. The molecule has 7 heteroatoms. The normalized spacial score (nSPS) is 17.8. The van der Waals surface area contributed by atoms with Gasteiger partial charge < -0.3 is 14.5 Å². The van der Waals surface area contributed by atoms with Gasteiger partial charge in [0.05, 0.1) is 12.7 Å². The fraction of sp³-hybridized carbons (Fsp3) is 0.438. The Morgan fingerprint density at radius 2 is 1.67 bits per heavy atom. The summed E-state index contributed by atoms with van der Waals surface area (Å²) in [6.07, 6.45) is 11.9. The van der Waals surface area contributed by atoms with E-state index in [2.05, 4.69) is 34.2 Å². The number of hydrogen-bond donors (Lipinski definition) is 0. The number of nitrogens with zero attached hydrogens (tertiary/aromatic N) is 4. The van der Waals surface area contributed by atoms with Gasteiger partial charge in [0.25, 0.3) is 5.91 Å². The van der Waals surface area contributed by atoms with Crippen molar-refractivity contribution in [3.63, 3.8) is 0 Å². The van der Waals surface area contributed by atoms with E-state index in [0.29, 0.717) is 31.8 Å². The van der Waals surface area contributed by atoms with Crippen molar-refractivity contribution in [2.24, 2.45) is 5.41 Å². The second-order valence-corrected chi connectivity index (χ2v) is 10.8. The van der Waals surface area contributed by atoms with Crippen LogP contribution in [0.1, 0.15) is 60.1 Å². The van der Waals surface area contributed by atoms with Gasteiger partial charge in [0.1, 0.15) is 18.1 Å². The number of amides is 2. The number of aromatic nitrogens is 2. The SMILES string of the molecule is O=C(CCc1ccccc1)N1CCC2(CCCCc3ccccc3OCCN(C(=O)c3cnccn3)C2)CC1. The van der Waals surface area contributed by atoms with Crippen molar-refractivity contribution in [2.75, 3.05) is 32.8 Å². The first-order valence-electron chi connectivity index (χ1n) is 14.2. The first-order chi connectivity index (χ1) is 19.1. The molecule has 0 atom stereocenters. The van der Waals surface area contributed by atoms with E-state index in [1.54, 1.807) is 12.4 Å². The van der Waals surface area contributed by atoms with Crippen LogP contribution in [-0.2, 0) is 17.6 Å². The van der Waals surface area contributed by atoms with Gasteiger partial charge in [0, 0.05) is 38.4 Å². The smallest absolute Gasteiger partial charge is 0.274 e. The fourth-order valence-corrected chi connectivity index (χ4v) is 5.93. The molecule has 5 rings (SSSR count). The molecule has 39 heavy (non-hydrogen) atoms. The van der Waals surface area contributed by atoms with Crippen LogP contribution in [0.5, 0.6) is 5.75 Å². The Hall–Kier alpha value is -3.74. The van der Waals surface area contributed by atoms with E-state index in [4.69, 9.17) is 4.74 Å². The molecule has 0 saturated carbocycles. The van der Waals surface area contributed by atoms with Crippen LogP contribution in [0, 0.1) is 5.41 Å². The molecule has 0 N–H and O–H groups in total. The number of ether oxygens (including phenoxy) is 1. The van der Waals surface area contributed by atoms with Gasteiger partial charge in [-0.15, -0.1) is 0 Å². The van der Waals surface area contributed by atoms with Crippen LogP contribution in [-0.4, -0.2) is 64.4 Å². The zero-order chi connectivity index (χ0) is 26.9. The van der Waals surface area contributed by atoms with Crippen LogP contribution < -0.4 is 4.74 Å². The van der Waals surface area contributed by atoms with Crippen molar-refractivity contribution >= 4 is 11.8 Å². The Morgan fingerprint density at radius 3 is 2.46 bits per heavy atom. The number of benzene rings is 2. The molecule has 204 valence electrons. The summed E-state index contributed by atoms with van der Waals surface area (Å²) < 4.78 is 6.18. The lowest BCUT2D eigenvalue weighted by Gasteiger charge is -2.45. The maximum atomic E-state index is 13.6. The highest BCUT2D eigenvalue weighted by Gasteiger charge is 2.38. The van der Waals surface area contributed by atoms with E-state index in [0.717, 1.165) is 63.8 Å². The highest BCUT2D eigenvalue weighted by Crippen LogP contribution is 2.39. The minimum absolute atomic E-state index is 0.0349. The average Bonchev–Trinajstić information content (AvgIpc) is 2.98. The van der Waals surface area contributed by atoms with Crippen molar-refractivity contribution < 1.29 is 14.3 Å². The van der Waals surface area contributed by atoms with Gasteiger partial charge in [-0.25, -0.2) is 4.98 Å². The molecule has 3 heterocycles. The Morgan fingerprint density at radius 1 is 0.872 bits per heavy atom. The Labute approximate surface area is 231 Å². The Kier molecular flexibility index (Phi) is 8.86. The number of carbonyl (C=O) groups excluding carboxylic acids is 2. The van der Waals surface area contributed by atoms with Crippen molar-refractivity contribution in [1.29, 1.82) is 0 Å². The summed E-state index contributed by atoms with van der Waals surface area (Å²) in [4.78, 5) is 39.0. The van der Waals surface area contributed by atoms with Crippen molar-refractivity contribution in [2.45, 2.75) is 51.4 Å². The molecule has 2 aliphatic heterocycles. The number of likely N-dealkylation sites (tertiary alicyclic amines) is 1. The standard InChI is InChI=1S/C32H38N4O3/c37-30(14-13-26-8-2-1-3-9-26)35-20-16-32(17-21-35)15-7-6-11-27-10-4-5-12-29(27)39-23-22-36(25-32)31(38)28-24-33-18-19-34-28/h1-5,8-10,12,18-19,24H,6-7,11,13-17,20-23,25H2. The first kappa shape index (κ1) is 26.9. The molecule has 2 aromatic carbocycles. The summed E-state index contributed by atoms with van der Waals surface area (Å²) in [6, 6.07) is 18.4. The molecule has 2 aliphatic rings. The summed E-state index contributed by atoms with van der Waals surface area (Å²) in [5, 5.41) is 0. The number of aryl methyl sites for hydroxylation is 2. The number of hydrogen-bond acceptors (Lipinski definition) is 5. The van der Waals surface area contributed by atoms with Gasteiger partial charge in [0.15, 0.2) is 0 Å². The molecule has 0 unspecified atom stereocenters. The van der Waals surface area contributed by atoms with E-state index >= 15 is 0 Å². The molecule has 3 aromatic rings. The van der Waals surface area contributed by atoms with Crippen LogP contribution in [0.2, 0.25) is 0 Å². The highest BCUT2D eigenvalue weighted by atomic mass is 16.5. The third kappa shape index (κ3) is 7.02. The number of rotatable bonds is 4. The molecule has 1 saturated heterocycles. The van der Waals surface area contributed by atoms with E-state index in [1.165, 1.54) is 17.3 Å². The van der Waals surface area contributed by atoms with Gasteiger partial charge in [0.2, 0.25) is 5.91 Å². The third-order valence-electron chi connectivity index (χ3n) is 8.24. The molecule has 0 radical (unpaired) electrons. The summed E-state index contributed by atoms with van der Waals surface area (Å²) in [5.41, 5.74) is 2.74. The average molecular weight is 527 g/mol. The Bertz CT molecular complexity index is 1230. The predicted molar refractivity (Wildman–Crippen MR) is 150 cm³/mol. The topological polar surface area (TPSA) is 75.6 Å². The maximum absolute atomic E-state index is 13.6. The van der Waals surface area contributed by atoms with Crippen LogP contribution in [0.25, 0.3) is 0 Å². The lowest BCUT2D eigenvalue weighted by Crippen LogP contribution is -2.50. The maximum Gasteiger partial charge on any atom is 0.274 e. The van der Waals surface area contributed by atoms with Gasteiger partial charge in [-0.1, -0.05) is 55.0 Å². The van der Waals surface area contributed by atoms with Crippen LogP contribution in [0.3, 0.4) is 0 Å². The lowest BCUT2D eigenvalue weighted by molar-refractivity contribution is -0.133. The molecule has 1 spiro atoms. The number of carbonyl (C=O) groups is 2. The van der Waals surface area contributed by atoms with Crippen LogP contribution in [0.15, 0.2) is 73.2 Å². The number of para-hydroxylation sites is 1. The van der Waals surface area contributed by atoms with E-state index < -0.39 is 0 Å². The predicted octanol–water partition coefficient (Wildman–Crippen LogP) is 4.97. The molecule has 1 aromatic heterocycles. The van der Waals surface area contributed by atoms with E-state index in [1.807, 2.05) is 40.1 Å². The molecule has 0 aliphatic carbocycles. The molecule has 2 amide bonds. The highest BCUT2D eigenvalue weighted by molar-refractivity contribution is 5.92. The minimum Gasteiger partial charge on any atom is -0.491 e. The summed E-state index contributed by atoms with van der Waals surface area (Å²) >= 11 is 0. The minimum atomic E-state index is -0.113. The van der Waals surface area contributed by atoms with Crippen molar-refractivity contribution in [3.05, 3.63) is 90.0 Å². The van der Waals surface area contributed by atoms with Crippen LogP contribution >= 0.6 is 0 Å². The zero-order valence-corrected chi connectivity index (χ0v) is 22.6. The third-order valence-corrected chi connectivity index (χ3v) is 8.24. The zero-order valence-electron chi connectivity index (χ0n) is 22.6. The van der Waals surface area contributed by atoms with Gasteiger partial charge >= 0.3 is 0 Å². The number of piperidine rings is 1. The molecule has 0 bridgehead atoms. The van der Waals surface area contributed by atoms with Crippen molar-refractivity contribution in [1.82, 2.24) is 19.8 Å². The quantitative estimate of drug-likeness (QED) is 0.480. The van der Waals surface area contributed by atoms with Gasteiger partial charge in [-0.2, -0.15) is 0 Å². The van der Waals surface area contributed by atoms with Crippen molar-refractivity contribution in [3.8, 4) is 5.75 Å². The fourth-order valence-electron chi connectivity index (χ4n) is 5.93. The first-order valence-corrected chi connectivity index (χ1v) is 14.2.